The van der Waals surface area contributed by atoms with Gasteiger partial charge in [0.25, 0.3) is 0 Å². The molecule has 3 rings (SSSR count). The molecule has 1 saturated heterocycles. The molecule has 3 nitrogen and oxygen atoms in total. The van der Waals surface area contributed by atoms with Crippen LogP contribution in [0.2, 0.25) is 0 Å². The Labute approximate surface area is 115 Å². The van der Waals surface area contributed by atoms with E-state index in [-0.39, 0.29) is 6.10 Å². The normalized spacial score (nSPS) is 31.9. The summed E-state index contributed by atoms with van der Waals surface area (Å²) in [4.78, 5) is 2.55. The minimum absolute atomic E-state index is 0.0542. The molecule has 0 bridgehead atoms. The van der Waals surface area contributed by atoms with Crippen LogP contribution >= 0.6 is 0 Å². The van der Waals surface area contributed by atoms with Gasteiger partial charge in [0.2, 0.25) is 0 Å². The van der Waals surface area contributed by atoms with E-state index >= 15 is 0 Å². The fraction of sp³-hybridized carbons (Fsp3) is 0.625. The summed E-state index contributed by atoms with van der Waals surface area (Å²) in [5.41, 5.74) is 1.40. The van der Waals surface area contributed by atoms with Gasteiger partial charge in [0.05, 0.1) is 6.10 Å². The maximum absolute atomic E-state index is 9.34. The summed E-state index contributed by atoms with van der Waals surface area (Å²) in [6.45, 7) is 3.41. The first-order chi connectivity index (χ1) is 9.29. The molecule has 1 aromatic carbocycles. The van der Waals surface area contributed by atoms with E-state index < -0.39 is 0 Å². The van der Waals surface area contributed by atoms with Gasteiger partial charge >= 0.3 is 0 Å². The fourth-order valence-electron chi connectivity index (χ4n) is 3.23. The van der Waals surface area contributed by atoms with E-state index in [0.717, 1.165) is 25.9 Å². The largest absolute Gasteiger partial charge is 0.393 e. The van der Waals surface area contributed by atoms with E-state index in [1.54, 1.807) is 0 Å². The van der Waals surface area contributed by atoms with Gasteiger partial charge < -0.3 is 10.4 Å². The Morgan fingerprint density at radius 3 is 2.68 bits per heavy atom. The van der Waals surface area contributed by atoms with E-state index in [2.05, 4.69) is 40.5 Å². The number of hydrogen-bond donors (Lipinski definition) is 2. The molecule has 2 N–H and O–H groups in total. The van der Waals surface area contributed by atoms with Crippen molar-refractivity contribution < 1.29 is 5.11 Å². The number of rotatable bonds is 4. The molecule has 0 amide bonds. The second-order valence-corrected chi connectivity index (χ2v) is 6.05. The lowest BCUT2D eigenvalue weighted by molar-refractivity contribution is 0.0503. The standard InChI is InChI=1S/C16H24N2O/c19-16-9-15(10-16)17-14-7-4-8-18(12-14)11-13-5-2-1-3-6-13/h1-3,5-6,14-17,19H,4,7-12H2. The summed E-state index contributed by atoms with van der Waals surface area (Å²) < 4.78 is 0. The highest BCUT2D eigenvalue weighted by atomic mass is 16.3. The van der Waals surface area contributed by atoms with Gasteiger partial charge in [-0.2, -0.15) is 0 Å². The van der Waals surface area contributed by atoms with Crippen LogP contribution < -0.4 is 5.32 Å². The zero-order valence-corrected chi connectivity index (χ0v) is 11.5. The van der Waals surface area contributed by atoms with Gasteiger partial charge in [-0.3, -0.25) is 4.90 Å². The van der Waals surface area contributed by atoms with Crippen molar-refractivity contribution in [3.63, 3.8) is 0 Å². The molecule has 1 aliphatic carbocycles. The molecule has 1 unspecified atom stereocenters. The monoisotopic (exact) mass is 260 g/mol. The molecule has 0 radical (unpaired) electrons. The zero-order chi connectivity index (χ0) is 13.1. The van der Waals surface area contributed by atoms with Crippen molar-refractivity contribution in [1.82, 2.24) is 10.2 Å². The van der Waals surface area contributed by atoms with Crippen LogP contribution in [0.25, 0.3) is 0 Å². The summed E-state index contributed by atoms with van der Waals surface area (Å²) in [5, 5.41) is 13.0. The van der Waals surface area contributed by atoms with Gasteiger partial charge in [0.15, 0.2) is 0 Å². The summed E-state index contributed by atoms with van der Waals surface area (Å²) in [6.07, 6.45) is 4.38. The highest BCUT2D eigenvalue weighted by molar-refractivity contribution is 5.14. The molecule has 2 fully saturated rings. The Kier molecular flexibility index (Phi) is 4.16. The first-order valence-electron chi connectivity index (χ1n) is 7.50. The van der Waals surface area contributed by atoms with Crippen molar-refractivity contribution >= 4 is 0 Å². The van der Waals surface area contributed by atoms with Gasteiger partial charge in [0.1, 0.15) is 0 Å². The molecular weight excluding hydrogens is 236 g/mol. The van der Waals surface area contributed by atoms with E-state index in [0.29, 0.717) is 12.1 Å². The average molecular weight is 260 g/mol. The third kappa shape index (κ3) is 3.56. The van der Waals surface area contributed by atoms with E-state index in [9.17, 15) is 5.11 Å². The molecule has 1 saturated carbocycles. The highest BCUT2D eigenvalue weighted by Gasteiger charge is 2.30. The van der Waals surface area contributed by atoms with E-state index in [1.165, 1.54) is 24.9 Å². The predicted molar refractivity (Wildman–Crippen MR) is 76.9 cm³/mol. The van der Waals surface area contributed by atoms with E-state index in [1.807, 2.05) is 0 Å². The summed E-state index contributed by atoms with van der Waals surface area (Å²) in [6, 6.07) is 11.9. The number of nitrogens with one attached hydrogen (secondary N) is 1. The number of aliphatic hydroxyl groups is 1. The number of benzene rings is 1. The Balaban J connectivity index is 1.48. The van der Waals surface area contributed by atoms with Gasteiger partial charge in [-0.25, -0.2) is 0 Å². The Bertz CT molecular complexity index is 389. The van der Waals surface area contributed by atoms with Crippen LogP contribution in [-0.2, 0) is 6.54 Å². The van der Waals surface area contributed by atoms with Gasteiger partial charge in [0, 0.05) is 25.2 Å². The fourth-order valence-corrected chi connectivity index (χ4v) is 3.23. The van der Waals surface area contributed by atoms with Crippen LogP contribution in [-0.4, -0.2) is 41.3 Å². The maximum Gasteiger partial charge on any atom is 0.0570 e. The first-order valence-corrected chi connectivity index (χ1v) is 7.50. The van der Waals surface area contributed by atoms with Crippen LogP contribution in [0.1, 0.15) is 31.2 Å². The van der Waals surface area contributed by atoms with Crippen molar-refractivity contribution in [2.45, 2.75) is 50.4 Å². The van der Waals surface area contributed by atoms with Crippen molar-refractivity contribution in [3.8, 4) is 0 Å². The van der Waals surface area contributed by atoms with Crippen LogP contribution in [0.5, 0.6) is 0 Å². The van der Waals surface area contributed by atoms with Crippen molar-refractivity contribution in [1.29, 1.82) is 0 Å². The quantitative estimate of drug-likeness (QED) is 0.866. The number of hydrogen-bond acceptors (Lipinski definition) is 3. The van der Waals surface area contributed by atoms with E-state index in [4.69, 9.17) is 0 Å². The summed E-state index contributed by atoms with van der Waals surface area (Å²) in [5.74, 6) is 0. The molecule has 2 aliphatic rings. The molecule has 104 valence electrons. The number of likely N-dealkylation sites (tertiary alicyclic amines) is 1. The lowest BCUT2D eigenvalue weighted by atomic mass is 9.88. The summed E-state index contributed by atoms with van der Waals surface area (Å²) >= 11 is 0. The van der Waals surface area contributed by atoms with Crippen molar-refractivity contribution in [3.05, 3.63) is 35.9 Å². The number of nitrogens with zero attached hydrogens (tertiary/aromatic N) is 1. The molecule has 19 heavy (non-hydrogen) atoms. The van der Waals surface area contributed by atoms with Crippen LogP contribution in [0.15, 0.2) is 30.3 Å². The third-order valence-electron chi connectivity index (χ3n) is 4.34. The maximum atomic E-state index is 9.34. The Hall–Kier alpha value is -0.900. The molecule has 0 aromatic heterocycles. The molecule has 1 aromatic rings. The molecular formula is C16H24N2O. The van der Waals surface area contributed by atoms with Crippen LogP contribution in [0.3, 0.4) is 0 Å². The van der Waals surface area contributed by atoms with Crippen molar-refractivity contribution in [2.75, 3.05) is 13.1 Å². The van der Waals surface area contributed by atoms with Crippen molar-refractivity contribution in [2.24, 2.45) is 0 Å². The first kappa shape index (κ1) is 13.1. The third-order valence-corrected chi connectivity index (χ3v) is 4.34. The molecule has 1 aliphatic heterocycles. The molecule has 3 heteroatoms. The van der Waals surface area contributed by atoms with Gasteiger partial charge in [-0.1, -0.05) is 30.3 Å². The Morgan fingerprint density at radius 2 is 1.95 bits per heavy atom. The average Bonchev–Trinajstić information content (AvgIpc) is 2.39. The zero-order valence-electron chi connectivity index (χ0n) is 11.5. The molecule has 1 heterocycles. The van der Waals surface area contributed by atoms with Gasteiger partial charge in [-0.15, -0.1) is 0 Å². The minimum Gasteiger partial charge on any atom is -0.393 e. The second-order valence-electron chi connectivity index (χ2n) is 6.05. The van der Waals surface area contributed by atoms with Crippen LogP contribution in [0.4, 0.5) is 0 Å². The smallest absolute Gasteiger partial charge is 0.0570 e. The predicted octanol–water partition coefficient (Wildman–Crippen LogP) is 1.76. The molecule has 1 atom stereocenters. The SMILES string of the molecule is OC1CC(NC2CCCN(Cc3ccccc3)C2)C1. The second kappa shape index (κ2) is 6.04. The van der Waals surface area contributed by atoms with Gasteiger partial charge in [-0.05, 0) is 37.8 Å². The Morgan fingerprint density at radius 1 is 1.16 bits per heavy atom. The minimum atomic E-state index is -0.0542. The number of aliphatic hydroxyl groups excluding tert-OH is 1. The number of piperidine rings is 1. The lowest BCUT2D eigenvalue weighted by Crippen LogP contribution is -2.53. The molecule has 0 spiro atoms. The topological polar surface area (TPSA) is 35.5 Å². The summed E-state index contributed by atoms with van der Waals surface area (Å²) in [7, 11) is 0. The highest BCUT2D eigenvalue weighted by Crippen LogP contribution is 2.22. The van der Waals surface area contributed by atoms with Crippen LogP contribution in [0, 0.1) is 0 Å². The lowest BCUT2D eigenvalue weighted by Gasteiger charge is -2.39.